The van der Waals surface area contributed by atoms with E-state index in [-0.39, 0.29) is 10.6 Å². The minimum atomic E-state index is -3.40. The Labute approximate surface area is 218 Å². The number of nitrogens with zero attached hydrogens (tertiary/aromatic N) is 1. The predicted octanol–water partition coefficient (Wildman–Crippen LogP) is 4.87. The third kappa shape index (κ3) is 5.62. The number of benzene rings is 3. The third-order valence-electron chi connectivity index (χ3n) is 5.60. The van der Waals surface area contributed by atoms with E-state index in [1.54, 1.807) is 62.6 Å². The van der Waals surface area contributed by atoms with Crippen molar-refractivity contribution in [2.75, 3.05) is 32.4 Å². The monoisotopic (exact) mass is 542 g/mol. The fourth-order valence-electron chi connectivity index (χ4n) is 3.61. The number of carbonyl (C=O) groups excluding carboxylic acids is 1. The second kappa shape index (κ2) is 11.1. The van der Waals surface area contributed by atoms with Crippen LogP contribution in [0.25, 0.3) is 10.2 Å². The van der Waals surface area contributed by atoms with E-state index in [0.29, 0.717) is 39.2 Å². The molecule has 1 heterocycles. The summed E-state index contributed by atoms with van der Waals surface area (Å²) in [6, 6.07) is 16.5. The molecule has 1 aromatic heterocycles. The van der Waals surface area contributed by atoms with Crippen molar-refractivity contribution in [3.8, 4) is 23.0 Å². The number of carbonyl (C=O) groups is 1. The molecule has 1 atom stereocenters. The molecule has 0 radical (unpaired) electrons. The molecule has 4 rings (SSSR count). The molecular weight excluding hydrogens is 516 g/mol. The van der Waals surface area contributed by atoms with Crippen LogP contribution in [0.2, 0.25) is 0 Å². The highest BCUT2D eigenvalue weighted by Gasteiger charge is 2.26. The summed E-state index contributed by atoms with van der Waals surface area (Å²) in [6.45, 7) is 1.58. The molecule has 3 aromatic carbocycles. The van der Waals surface area contributed by atoms with Gasteiger partial charge in [0.2, 0.25) is 6.10 Å². The van der Waals surface area contributed by atoms with Crippen molar-refractivity contribution in [2.24, 2.45) is 0 Å². The third-order valence-corrected chi connectivity index (χ3v) is 8.28. The average Bonchev–Trinajstić information content (AvgIpc) is 3.31. The zero-order valence-corrected chi connectivity index (χ0v) is 22.3. The van der Waals surface area contributed by atoms with Crippen molar-refractivity contribution in [3.05, 3.63) is 66.2 Å². The van der Waals surface area contributed by atoms with Crippen LogP contribution in [0.3, 0.4) is 0 Å². The number of amides is 1. The number of aromatic nitrogens is 1. The Bertz CT molecular complexity index is 1470. The van der Waals surface area contributed by atoms with Gasteiger partial charge in [0.25, 0.3) is 5.91 Å². The number of sulfone groups is 1. The Morgan fingerprint density at radius 3 is 2.16 bits per heavy atom. The minimum absolute atomic E-state index is 0.0266. The predicted molar refractivity (Wildman–Crippen MR) is 142 cm³/mol. The van der Waals surface area contributed by atoms with Crippen molar-refractivity contribution in [2.45, 2.75) is 17.9 Å². The molecule has 0 saturated heterocycles. The number of rotatable bonds is 10. The lowest BCUT2D eigenvalue weighted by Gasteiger charge is -2.20. The van der Waals surface area contributed by atoms with Crippen molar-refractivity contribution in [1.29, 1.82) is 0 Å². The van der Waals surface area contributed by atoms with Gasteiger partial charge in [-0.2, -0.15) is 0 Å². The SMILES string of the molecule is CCS(=O)(=O)c1ccc(C(Oc2ccccc2OC)C(=O)Nc2nc3cc(OC)c(OC)cc3s2)cc1. The van der Waals surface area contributed by atoms with Gasteiger partial charge in [0.05, 0.1) is 42.2 Å². The summed E-state index contributed by atoms with van der Waals surface area (Å²) in [7, 11) is 1.19. The molecule has 0 fully saturated rings. The van der Waals surface area contributed by atoms with E-state index >= 15 is 0 Å². The molecule has 1 unspecified atom stereocenters. The summed E-state index contributed by atoms with van der Waals surface area (Å²) in [5.74, 6) is 1.36. The summed E-state index contributed by atoms with van der Waals surface area (Å²) in [5.41, 5.74) is 1.09. The lowest BCUT2D eigenvalue weighted by atomic mass is 10.1. The van der Waals surface area contributed by atoms with Crippen molar-refractivity contribution in [1.82, 2.24) is 4.98 Å². The first-order valence-corrected chi connectivity index (χ1v) is 13.7. The van der Waals surface area contributed by atoms with Crippen molar-refractivity contribution < 1.29 is 32.2 Å². The molecule has 9 nitrogen and oxygen atoms in total. The maximum Gasteiger partial charge on any atom is 0.271 e. The van der Waals surface area contributed by atoms with Crippen molar-refractivity contribution in [3.63, 3.8) is 0 Å². The molecule has 0 aliphatic heterocycles. The molecule has 0 bridgehead atoms. The number of para-hydroxylation sites is 2. The molecular formula is C26H26N2O7S2. The summed E-state index contributed by atoms with van der Waals surface area (Å²) >= 11 is 1.27. The fraction of sp³-hybridized carbons (Fsp3) is 0.231. The molecule has 4 aromatic rings. The lowest BCUT2D eigenvalue weighted by Crippen LogP contribution is -2.26. The van der Waals surface area contributed by atoms with Gasteiger partial charge in [0.15, 0.2) is 38.0 Å². The first-order chi connectivity index (χ1) is 17.8. The summed E-state index contributed by atoms with van der Waals surface area (Å²) < 4.78 is 47.5. The normalized spacial score (nSPS) is 12.1. The van der Waals surface area contributed by atoms with Gasteiger partial charge in [-0.1, -0.05) is 42.5 Å². The molecule has 0 saturated carbocycles. The molecule has 11 heteroatoms. The van der Waals surface area contributed by atoms with E-state index in [1.165, 1.54) is 37.7 Å². The number of anilines is 1. The summed E-state index contributed by atoms with van der Waals surface area (Å²) in [5, 5.41) is 3.18. The Hall–Kier alpha value is -3.83. The zero-order chi connectivity index (χ0) is 26.6. The summed E-state index contributed by atoms with van der Waals surface area (Å²) in [4.78, 5) is 18.2. The van der Waals surface area contributed by atoms with Gasteiger partial charge in [-0.15, -0.1) is 0 Å². The van der Waals surface area contributed by atoms with E-state index < -0.39 is 21.8 Å². The van der Waals surface area contributed by atoms with Gasteiger partial charge < -0.3 is 18.9 Å². The van der Waals surface area contributed by atoms with E-state index in [0.717, 1.165) is 4.70 Å². The van der Waals surface area contributed by atoms with E-state index in [4.69, 9.17) is 18.9 Å². The standard InChI is InChI=1S/C26H26N2O7S2/c1-5-37(30,31)17-12-10-16(11-13-17)24(35-20-9-7-6-8-19(20)32-2)25(29)28-26-27-18-14-21(33-3)22(34-4)15-23(18)36-26/h6-15,24H,5H2,1-4H3,(H,27,28,29). The zero-order valence-electron chi connectivity index (χ0n) is 20.7. The lowest BCUT2D eigenvalue weighted by molar-refractivity contribution is -0.123. The second-order valence-corrected chi connectivity index (χ2v) is 11.1. The highest BCUT2D eigenvalue weighted by molar-refractivity contribution is 7.91. The highest BCUT2D eigenvalue weighted by atomic mass is 32.2. The van der Waals surface area contributed by atoms with Crippen LogP contribution in [0.1, 0.15) is 18.6 Å². The molecule has 194 valence electrons. The first kappa shape index (κ1) is 26.2. The van der Waals surface area contributed by atoms with Gasteiger partial charge in [-0.05, 0) is 24.3 Å². The highest BCUT2D eigenvalue weighted by Crippen LogP contribution is 2.37. The molecule has 0 spiro atoms. The van der Waals surface area contributed by atoms with Gasteiger partial charge in [0, 0.05) is 17.7 Å². The largest absolute Gasteiger partial charge is 0.493 e. The topological polar surface area (TPSA) is 113 Å². The molecule has 37 heavy (non-hydrogen) atoms. The average molecular weight is 543 g/mol. The van der Waals surface area contributed by atoms with Crippen LogP contribution in [0.5, 0.6) is 23.0 Å². The number of thiazole rings is 1. The van der Waals surface area contributed by atoms with E-state index in [9.17, 15) is 13.2 Å². The second-order valence-electron chi connectivity index (χ2n) is 7.80. The van der Waals surface area contributed by atoms with Gasteiger partial charge in [-0.3, -0.25) is 10.1 Å². The number of methoxy groups -OCH3 is 3. The Kier molecular flexibility index (Phi) is 7.84. The number of nitrogens with one attached hydrogen (secondary N) is 1. The van der Waals surface area contributed by atoms with Gasteiger partial charge >= 0.3 is 0 Å². The van der Waals surface area contributed by atoms with Crippen LogP contribution in [0, 0.1) is 0 Å². The number of hydrogen-bond donors (Lipinski definition) is 1. The van der Waals surface area contributed by atoms with Crippen molar-refractivity contribution >= 4 is 42.4 Å². The van der Waals surface area contributed by atoms with Crippen LogP contribution in [0.4, 0.5) is 5.13 Å². The molecule has 1 amide bonds. The fourth-order valence-corrected chi connectivity index (χ4v) is 5.38. The molecule has 0 aliphatic rings. The maximum absolute atomic E-state index is 13.5. The minimum Gasteiger partial charge on any atom is -0.493 e. The number of hydrogen-bond acceptors (Lipinski definition) is 9. The summed E-state index contributed by atoms with van der Waals surface area (Å²) in [6.07, 6.45) is -1.12. The van der Waals surface area contributed by atoms with Crippen LogP contribution < -0.4 is 24.3 Å². The Morgan fingerprint density at radius 2 is 1.54 bits per heavy atom. The van der Waals surface area contributed by atoms with Gasteiger partial charge in [-0.25, -0.2) is 13.4 Å². The quantitative estimate of drug-likeness (QED) is 0.302. The molecule has 1 N–H and O–H groups in total. The van der Waals surface area contributed by atoms with Crippen LogP contribution in [-0.4, -0.2) is 46.4 Å². The Balaban J connectivity index is 1.68. The van der Waals surface area contributed by atoms with Gasteiger partial charge in [0.1, 0.15) is 0 Å². The number of ether oxygens (including phenoxy) is 4. The van der Waals surface area contributed by atoms with Crippen LogP contribution in [-0.2, 0) is 14.6 Å². The van der Waals surface area contributed by atoms with Crippen LogP contribution in [0.15, 0.2) is 65.6 Å². The maximum atomic E-state index is 13.5. The number of fused-ring (bicyclic) bond motifs is 1. The smallest absolute Gasteiger partial charge is 0.271 e. The van der Waals surface area contributed by atoms with Crippen LogP contribution >= 0.6 is 11.3 Å². The Morgan fingerprint density at radius 1 is 0.919 bits per heavy atom. The van der Waals surface area contributed by atoms with E-state index in [2.05, 4.69) is 10.3 Å². The van der Waals surface area contributed by atoms with E-state index in [1.807, 2.05) is 0 Å². The first-order valence-electron chi connectivity index (χ1n) is 11.3. The molecule has 0 aliphatic carbocycles.